The first-order valence-electron chi connectivity index (χ1n) is 6.39. The molecular weight excluding hydrogens is 218 g/mol. The molecule has 1 saturated carbocycles. The van der Waals surface area contributed by atoms with E-state index in [2.05, 4.69) is 0 Å². The van der Waals surface area contributed by atoms with Crippen molar-refractivity contribution in [2.24, 2.45) is 17.3 Å². The molecule has 0 saturated heterocycles. The monoisotopic (exact) mass is 241 g/mol. The molecule has 0 aliphatic heterocycles. The van der Waals surface area contributed by atoms with Crippen molar-refractivity contribution in [2.75, 3.05) is 13.1 Å². The highest BCUT2D eigenvalue weighted by atomic mass is 16.4. The maximum absolute atomic E-state index is 12.3. The molecule has 98 valence electrons. The summed E-state index contributed by atoms with van der Waals surface area (Å²) in [6.45, 7) is 9.25. The number of rotatable bonds is 6. The van der Waals surface area contributed by atoms with Gasteiger partial charge in [0.1, 0.15) is 0 Å². The van der Waals surface area contributed by atoms with Gasteiger partial charge in [-0.15, -0.1) is 0 Å². The van der Waals surface area contributed by atoms with Gasteiger partial charge in [0.15, 0.2) is 0 Å². The van der Waals surface area contributed by atoms with Gasteiger partial charge < -0.3 is 10.0 Å². The first kappa shape index (κ1) is 14.0. The van der Waals surface area contributed by atoms with Gasteiger partial charge in [0, 0.05) is 13.1 Å². The second kappa shape index (κ2) is 5.07. The molecule has 1 fully saturated rings. The molecule has 1 amide bonds. The standard InChI is InChI=1S/C13H23NO3/c1-5-7-14(8-6-2)11(15)9-10(12(16)17)13(9,3)4/h9-10H,5-8H2,1-4H3,(H,16,17). The lowest BCUT2D eigenvalue weighted by Crippen LogP contribution is -2.35. The van der Waals surface area contributed by atoms with Crippen molar-refractivity contribution in [3.8, 4) is 0 Å². The quantitative estimate of drug-likeness (QED) is 0.773. The summed E-state index contributed by atoms with van der Waals surface area (Å²) in [4.78, 5) is 25.2. The highest BCUT2D eigenvalue weighted by Crippen LogP contribution is 2.59. The van der Waals surface area contributed by atoms with Crippen LogP contribution < -0.4 is 0 Å². The fraction of sp³-hybridized carbons (Fsp3) is 0.846. The molecule has 1 rings (SSSR count). The lowest BCUT2D eigenvalue weighted by atomic mass is 10.1. The molecule has 2 unspecified atom stereocenters. The van der Waals surface area contributed by atoms with E-state index in [1.54, 1.807) is 0 Å². The molecule has 1 aliphatic rings. The molecule has 0 aromatic rings. The van der Waals surface area contributed by atoms with Gasteiger partial charge in [-0.1, -0.05) is 27.7 Å². The number of carboxylic acid groups (broad SMARTS) is 1. The van der Waals surface area contributed by atoms with Crippen LogP contribution in [0.25, 0.3) is 0 Å². The van der Waals surface area contributed by atoms with E-state index in [1.807, 2.05) is 32.6 Å². The summed E-state index contributed by atoms with van der Waals surface area (Å²) in [6.07, 6.45) is 1.83. The summed E-state index contributed by atoms with van der Waals surface area (Å²) in [5, 5.41) is 9.08. The van der Waals surface area contributed by atoms with E-state index in [-0.39, 0.29) is 17.2 Å². The minimum atomic E-state index is -0.846. The van der Waals surface area contributed by atoms with Crippen LogP contribution >= 0.6 is 0 Å². The topological polar surface area (TPSA) is 57.6 Å². The first-order chi connectivity index (χ1) is 7.87. The lowest BCUT2D eigenvalue weighted by molar-refractivity contribution is -0.142. The van der Waals surface area contributed by atoms with Gasteiger partial charge in [-0.2, -0.15) is 0 Å². The molecule has 0 heterocycles. The molecule has 0 aromatic heterocycles. The van der Waals surface area contributed by atoms with Gasteiger partial charge in [0.25, 0.3) is 0 Å². The summed E-state index contributed by atoms with van der Waals surface area (Å²) in [6, 6.07) is 0. The molecule has 4 heteroatoms. The van der Waals surface area contributed by atoms with E-state index >= 15 is 0 Å². The van der Waals surface area contributed by atoms with Crippen LogP contribution in [-0.2, 0) is 9.59 Å². The van der Waals surface area contributed by atoms with Crippen molar-refractivity contribution >= 4 is 11.9 Å². The van der Waals surface area contributed by atoms with Crippen molar-refractivity contribution in [3.05, 3.63) is 0 Å². The third kappa shape index (κ3) is 2.61. The van der Waals surface area contributed by atoms with E-state index in [4.69, 9.17) is 5.11 Å². The van der Waals surface area contributed by atoms with Crippen LogP contribution in [0.3, 0.4) is 0 Å². The fourth-order valence-electron chi connectivity index (χ4n) is 2.63. The molecule has 0 aromatic carbocycles. The van der Waals surface area contributed by atoms with Crippen LogP contribution in [0.1, 0.15) is 40.5 Å². The van der Waals surface area contributed by atoms with Crippen LogP contribution in [0, 0.1) is 17.3 Å². The SMILES string of the molecule is CCCN(CCC)C(=O)C1C(C(=O)O)C1(C)C. The summed E-state index contributed by atoms with van der Waals surface area (Å²) in [5.74, 6) is -1.67. The van der Waals surface area contributed by atoms with Crippen molar-refractivity contribution in [3.63, 3.8) is 0 Å². The predicted molar refractivity (Wildman–Crippen MR) is 65.6 cm³/mol. The molecule has 17 heavy (non-hydrogen) atoms. The smallest absolute Gasteiger partial charge is 0.307 e. The minimum absolute atomic E-state index is 0.0195. The zero-order chi connectivity index (χ0) is 13.2. The van der Waals surface area contributed by atoms with Crippen LogP contribution in [0.4, 0.5) is 0 Å². The van der Waals surface area contributed by atoms with E-state index in [9.17, 15) is 9.59 Å². The number of carboxylic acids is 1. The van der Waals surface area contributed by atoms with Crippen molar-refractivity contribution in [1.82, 2.24) is 4.90 Å². The molecule has 0 radical (unpaired) electrons. The molecule has 0 spiro atoms. The van der Waals surface area contributed by atoms with E-state index in [0.717, 1.165) is 25.9 Å². The van der Waals surface area contributed by atoms with Crippen molar-refractivity contribution in [1.29, 1.82) is 0 Å². The van der Waals surface area contributed by atoms with Gasteiger partial charge in [0.05, 0.1) is 11.8 Å². The highest BCUT2D eigenvalue weighted by Gasteiger charge is 2.66. The minimum Gasteiger partial charge on any atom is -0.481 e. The normalized spacial score (nSPS) is 25.4. The first-order valence-corrected chi connectivity index (χ1v) is 6.39. The fourth-order valence-corrected chi connectivity index (χ4v) is 2.63. The lowest BCUT2D eigenvalue weighted by Gasteiger charge is -2.22. The van der Waals surface area contributed by atoms with Crippen LogP contribution in [0.15, 0.2) is 0 Å². The maximum atomic E-state index is 12.3. The Balaban J connectivity index is 2.72. The Bertz CT molecular complexity index is 306. The van der Waals surface area contributed by atoms with E-state index in [0.29, 0.717) is 0 Å². The molecule has 1 N–H and O–H groups in total. The number of amides is 1. The number of aliphatic carboxylic acids is 1. The van der Waals surface area contributed by atoms with Gasteiger partial charge >= 0.3 is 5.97 Å². The summed E-state index contributed by atoms with van der Waals surface area (Å²) < 4.78 is 0. The summed E-state index contributed by atoms with van der Waals surface area (Å²) in [5.41, 5.74) is -0.386. The van der Waals surface area contributed by atoms with Crippen LogP contribution in [0.5, 0.6) is 0 Å². The number of hydrogen-bond acceptors (Lipinski definition) is 2. The number of hydrogen-bond donors (Lipinski definition) is 1. The summed E-state index contributed by atoms with van der Waals surface area (Å²) >= 11 is 0. The number of carbonyl (C=O) groups is 2. The zero-order valence-corrected chi connectivity index (χ0v) is 11.2. The summed E-state index contributed by atoms with van der Waals surface area (Å²) in [7, 11) is 0. The Morgan fingerprint density at radius 1 is 1.12 bits per heavy atom. The van der Waals surface area contributed by atoms with Gasteiger partial charge in [0.2, 0.25) is 5.91 Å². The predicted octanol–water partition coefficient (Wildman–Crippen LogP) is 1.99. The largest absolute Gasteiger partial charge is 0.481 e. The Hall–Kier alpha value is -1.06. The Morgan fingerprint density at radius 2 is 1.59 bits per heavy atom. The number of carbonyl (C=O) groups excluding carboxylic acids is 1. The third-order valence-corrected chi connectivity index (χ3v) is 3.66. The number of nitrogens with zero attached hydrogens (tertiary/aromatic N) is 1. The Labute approximate surface area is 103 Å². The Kier molecular flexibility index (Phi) is 4.17. The zero-order valence-electron chi connectivity index (χ0n) is 11.2. The Morgan fingerprint density at radius 3 is 1.88 bits per heavy atom. The van der Waals surface area contributed by atoms with E-state index < -0.39 is 11.9 Å². The van der Waals surface area contributed by atoms with Crippen LogP contribution in [0.2, 0.25) is 0 Å². The van der Waals surface area contributed by atoms with Gasteiger partial charge in [-0.25, -0.2) is 0 Å². The van der Waals surface area contributed by atoms with Crippen molar-refractivity contribution < 1.29 is 14.7 Å². The molecule has 4 nitrogen and oxygen atoms in total. The molecule has 0 bridgehead atoms. The average molecular weight is 241 g/mol. The van der Waals surface area contributed by atoms with Crippen molar-refractivity contribution in [2.45, 2.75) is 40.5 Å². The molecule has 2 atom stereocenters. The van der Waals surface area contributed by atoms with Gasteiger partial charge in [-0.05, 0) is 18.3 Å². The molecular formula is C13H23NO3. The van der Waals surface area contributed by atoms with E-state index in [1.165, 1.54) is 0 Å². The second-order valence-electron chi connectivity index (χ2n) is 5.44. The maximum Gasteiger partial charge on any atom is 0.307 e. The van der Waals surface area contributed by atoms with Gasteiger partial charge in [-0.3, -0.25) is 9.59 Å². The third-order valence-electron chi connectivity index (χ3n) is 3.66. The second-order valence-corrected chi connectivity index (χ2v) is 5.44. The highest BCUT2D eigenvalue weighted by molar-refractivity contribution is 5.91. The molecule has 1 aliphatic carbocycles. The van der Waals surface area contributed by atoms with Crippen LogP contribution in [-0.4, -0.2) is 35.0 Å². The average Bonchev–Trinajstić information content (AvgIpc) is 2.80.